The predicted octanol–water partition coefficient (Wildman–Crippen LogP) is 3.96. The molecular formula is C18H19Cl2N5O. The molecule has 1 fully saturated rings. The first-order chi connectivity index (χ1) is 12.6. The number of hydrogen-bond donors (Lipinski definition) is 0. The number of aromatic nitrogens is 4. The molecule has 0 saturated carbocycles. The van der Waals surface area contributed by atoms with E-state index in [4.69, 9.17) is 33.0 Å². The van der Waals surface area contributed by atoms with E-state index in [0.717, 1.165) is 43.9 Å². The van der Waals surface area contributed by atoms with E-state index in [-0.39, 0.29) is 0 Å². The predicted molar refractivity (Wildman–Crippen MR) is 103 cm³/mol. The van der Waals surface area contributed by atoms with Crippen LogP contribution in [-0.4, -0.2) is 46.6 Å². The van der Waals surface area contributed by atoms with Gasteiger partial charge in [0.2, 0.25) is 0 Å². The number of methoxy groups -OCH3 is 1. The number of piperidine rings is 1. The highest BCUT2D eigenvalue weighted by molar-refractivity contribution is 6.35. The summed E-state index contributed by atoms with van der Waals surface area (Å²) in [4.78, 5) is 2.29. The van der Waals surface area contributed by atoms with Gasteiger partial charge in [0.15, 0.2) is 11.5 Å². The summed E-state index contributed by atoms with van der Waals surface area (Å²) in [5.41, 5.74) is 1.48. The summed E-state index contributed by atoms with van der Waals surface area (Å²) < 4.78 is 7.03. The number of ether oxygens (including phenoxy) is 1. The van der Waals surface area contributed by atoms with E-state index in [1.165, 1.54) is 0 Å². The molecule has 0 bridgehead atoms. The molecule has 0 N–H and O–H groups in total. The number of halogens is 2. The molecule has 0 aliphatic carbocycles. The number of benzene rings is 1. The first kappa shape index (κ1) is 17.5. The van der Waals surface area contributed by atoms with Crippen molar-refractivity contribution in [2.45, 2.75) is 12.8 Å². The van der Waals surface area contributed by atoms with Gasteiger partial charge in [-0.1, -0.05) is 23.2 Å². The molecule has 0 atom stereocenters. The molecule has 0 radical (unpaired) electrons. The Balaban J connectivity index is 1.65. The van der Waals surface area contributed by atoms with Crippen molar-refractivity contribution < 1.29 is 4.74 Å². The van der Waals surface area contributed by atoms with Gasteiger partial charge in [-0.05, 0) is 49.1 Å². The van der Waals surface area contributed by atoms with Crippen LogP contribution in [0.5, 0.6) is 0 Å². The number of fused-ring (bicyclic) bond motifs is 1. The highest BCUT2D eigenvalue weighted by Gasteiger charge is 2.21. The fraction of sp³-hybridized carbons (Fsp3) is 0.389. The van der Waals surface area contributed by atoms with E-state index in [1.807, 2.05) is 24.3 Å². The molecule has 2 aromatic heterocycles. The maximum atomic E-state index is 6.13. The minimum Gasteiger partial charge on any atom is -0.384 e. The molecule has 0 spiro atoms. The molecule has 0 unspecified atom stereocenters. The summed E-state index contributed by atoms with van der Waals surface area (Å²) in [6, 6.07) is 9.25. The molecule has 1 aliphatic heterocycles. The van der Waals surface area contributed by atoms with Gasteiger partial charge in [-0.15, -0.1) is 15.3 Å². The Morgan fingerprint density at radius 3 is 2.50 bits per heavy atom. The lowest BCUT2D eigenvalue weighted by Gasteiger charge is -2.32. The van der Waals surface area contributed by atoms with Crippen molar-refractivity contribution in [3.05, 3.63) is 40.4 Å². The van der Waals surface area contributed by atoms with Crippen LogP contribution in [-0.2, 0) is 4.74 Å². The summed E-state index contributed by atoms with van der Waals surface area (Å²) >= 11 is 12.3. The van der Waals surface area contributed by atoms with Crippen LogP contribution in [0, 0.1) is 5.92 Å². The Morgan fingerprint density at radius 2 is 1.81 bits per heavy atom. The van der Waals surface area contributed by atoms with Gasteiger partial charge in [0, 0.05) is 42.4 Å². The highest BCUT2D eigenvalue weighted by Crippen LogP contribution is 2.27. The van der Waals surface area contributed by atoms with Crippen molar-refractivity contribution in [1.29, 1.82) is 0 Å². The van der Waals surface area contributed by atoms with Crippen molar-refractivity contribution >= 4 is 34.7 Å². The second kappa shape index (κ2) is 7.39. The topological polar surface area (TPSA) is 55.5 Å². The zero-order valence-corrected chi connectivity index (χ0v) is 15.9. The molecule has 1 saturated heterocycles. The molecule has 1 aliphatic rings. The minimum absolute atomic E-state index is 0.556. The number of nitrogens with zero attached hydrogens (tertiary/aromatic N) is 5. The van der Waals surface area contributed by atoms with Gasteiger partial charge < -0.3 is 9.64 Å². The van der Waals surface area contributed by atoms with Crippen LogP contribution in [0.15, 0.2) is 30.3 Å². The van der Waals surface area contributed by atoms with Gasteiger partial charge in [-0.2, -0.15) is 4.52 Å². The average Bonchev–Trinajstić information content (AvgIpc) is 3.05. The van der Waals surface area contributed by atoms with E-state index >= 15 is 0 Å². The highest BCUT2D eigenvalue weighted by atomic mass is 35.5. The molecule has 1 aromatic carbocycles. The van der Waals surface area contributed by atoms with Crippen LogP contribution >= 0.6 is 23.2 Å². The first-order valence-corrected chi connectivity index (χ1v) is 9.32. The van der Waals surface area contributed by atoms with Crippen molar-refractivity contribution in [2.24, 2.45) is 5.92 Å². The molecule has 136 valence electrons. The zero-order chi connectivity index (χ0) is 18.1. The average molecular weight is 392 g/mol. The van der Waals surface area contributed by atoms with Crippen molar-refractivity contribution in [2.75, 3.05) is 31.7 Å². The summed E-state index contributed by atoms with van der Waals surface area (Å²) in [5, 5.41) is 14.4. The Kier molecular flexibility index (Phi) is 4.98. The Hall–Kier alpha value is -1.89. The second-order valence-electron chi connectivity index (χ2n) is 6.53. The quantitative estimate of drug-likeness (QED) is 0.673. The van der Waals surface area contributed by atoms with Crippen LogP contribution in [0.25, 0.3) is 17.0 Å². The van der Waals surface area contributed by atoms with Crippen LogP contribution in [0.2, 0.25) is 10.0 Å². The standard InChI is InChI=1S/C18H19Cl2N5O/c1-26-11-12-4-6-24(7-5-12)17-3-2-16-21-22-18(25(16)23-17)13-8-14(19)10-15(20)9-13/h2-3,8-10,12H,4-7,11H2,1H3. The molecule has 6 nitrogen and oxygen atoms in total. The maximum absolute atomic E-state index is 6.13. The third-order valence-corrected chi connectivity index (χ3v) is 5.15. The summed E-state index contributed by atoms with van der Waals surface area (Å²) in [7, 11) is 1.76. The molecule has 26 heavy (non-hydrogen) atoms. The van der Waals surface area contributed by atoms with E-state index < -0.39 is 0 Å². The monoisotopic (exact) mass is 391 g/mol. The SMILES string of the molecule is COCC1CCN(c2ccc3nnc(-c4cc(Cl)cc(Cl)c4)n3n2)CC1. The Labute approximate surface area is 161 Å². The van der Waals surface area contributed by atoms with Crippen LogP contribution in [0.3, 0.4) is 0 Å². The van der Waals surface area contributed by atoms with Crippen LogP contribution in [0.4, 0.5) is 5.82 Å². The summed E-state index contributed by atoms with van der Waals surface area (Å²) in [6.07, 6.45) is 2.21. The molecule has 3 heterocycles. The minimum atomic E-state index is 0.556. The Bertz CT molecular complexity index is 901. The van der Waals surface area contributed by atoms with Crippen molar-refractivity contribution in [3.63, 3.8) is 0 Å². The fourth-order valence-electron chi connectivity index (χ4n) is 3.38. The maximum Gasteiger partial charge on any atom is 0.185 e. The van der Waals surface area contributed by atoms with Crippen molar-refractivity contribution in [3.8, 4) is 11.4 Å². The number of rotatable bonds is 4. The van der Waals surface area contributed by atoms with Crippen LogP contribution in [0.1, 0.15) is 12.8 Å². The third-order valence-electron chi connectivity index (χ3n) is 4.71. The molecule has 3 aromatic rings. The zero-order valence-electron chi connectivity index (χ0n) is 14.4. The van der Waals surface area contributed by atoms with Gasteiger partial charge in [-0.25, -0.2) is 0 Å². The Morgan fingerprint density at radius 1 is 1.08 bits per heavy atom. The smallest absolute Gasteiger partial charge is 0.185 e. The molecule has 8 heteroatoms. The van der Waals surface area contributed by atoms with Crippen molar-refractivity contribution in [1.82, 2.24) is 19.8 Å². The van der Waals surface area contributed by atoms with Gasteiger partial charge >= 0.3 is 0 Å². The normalized spacial score (nSPS) is 15.7. The number of hydrogen-bond acceptors (Lipinski definition) is 5. The van der Waals surface area contributed by atoms with Gasteiger partial charge in [0.1, 0.15) is 5.82 Å². The van der Waals surface area contributed by atoms with E-state index in [2.05, 4.69) is 15.1 Å². The molecular weight excluding hydrogens is 373 g/mol. The van der Waals surface area contributed by atoms with E-state index in [1.54, 1.807) is 17.7 Å². The molecule has 0 amide bonds. The van der Waals surface area contributed by atoms with Crippen LogP contribution < -0.4 is 4.90 Å². The second-order valence-corrected chi connectivity index (χ2v) is 7.40. The number of anilines is 1. The lowest BCUT2D eigenvalue weighted by molar-refractivity contribution is 0.139. The van der Waals surface area contributed by atoms with E-state index in [9.17, 15) is 0 Å². The fourth-order valence-corrected chi connectivity index (χ4v) is 3.90. The van der Waals surface area contributed by atoms with Gasteiger partial charge in [0.05, 0.1) is 0 Å². The van der Waals surface area contributed by atoms with Gasteiger partial charge in [0.25, 0.3) is 0 Å². The summed E-state index contributed by atoms with van der Waals surface area (Å²) in [6.45, 7) is 2.76. The lowest BCUT2D eigenvalue weighted by atomic mass is 9.98. The third kappa shape index (κ3) is 3.49. The largest absolute Gasteiger partial charge is 0.384 e. The molecule has 4 rings (SSSR count). The lowest BCUT2D eigenvalue weighted by Crippen LogP contribution is -2.35. The van der Waals surface area contributed by atoms with E-state index in [0.29, 0.717) is 27.4 Å². The first-order valence-electron chi connectivity index (χ1n) is 8.57. The van der Waals surface area contributed by atoms with Gasteiger partial charge in [-0.3, -0.25) is 0 Å². The summed E-state index contributed by atoms with van der Waals surface area (Å²) in [5.74, 6) is 2.17.